The fourth-order valence-electron chi connectivity index (χ4n) is 1.44. The normalized spacial score (nSPS) is 14.5. The second-order valence-corrected chi connectivity index (χ2v) is 4.11. The highest BCUT2D eigenvalue weighted by atomic mass is 16.5. The number of hydrogen-bond donors (Lipinski definition) is 1. The molecule has 0 spiro atoms. The van der Waals surface area contributed by atoms with Crippen molar-refractivity contribution in [2.24, 2.45) is 5.92 Å². The fraction of sp³-hybridized carbons (Fsp3) is 0.917. The summed E-state index contributed by atoms with van der Waals surface area (Å²) < 4.78 is 9.67. The molecule has 0 bridgehead atoms. The molecule has 0 aromatic carbocycles. The number of methoxy groups -OCH3 is 2. The maximum absolute atomic E-state index is 11.2. The van der Waals surface area contributed by atoms with Crippen molar-refractivity contribution in [3.05, 3.63) is 0 Å². The first kappa shape index (κ1) is 15.4. The number of hydrogen-bond acceptors (Lipinski definition) is 4. The summed E-state index contributed by atoms with van der Waals surface area (Å²) in [6.45, 7) is 5.66. The second-order valence-electron chi connectivity index (χ2n) is 4.11. The summed E-state index contributed by atoms with van der Waals surface area (Å²) in [5.74, 6) is -0.247. The molecule has 4 heteroatoms. The van der Waals surface area contributed by atoms with Crippen molar-refractivity contribution in [1.29, 1.82) is 0 Å². The van der Waals surface area contributed by atoms with Gasteiger partial charge in [0, 0.05) is 19.8 Å². The molecule has 0 aliphatic rings. The molecule has 0 radical (unpaired) electrons. The molecule has 0 rings (SSSR count). The Balaban J connectivity index is 3.49. The van der Waals surface area contributed by atoms with Crippen molar-refractivity contribution in [1.82, 2.24) is 5.32 Å². The maximum Gasteiger partial charge on any atom is 0.309 e. The van der Waals surface area contributed by atoms with Crippen LogP contribution in [0.15, 0.2) is 0 Å². The van der Waals surface area contributed by atoms with Gasteiger partial charge in [0.15, 0.2) is 0 Å². The van der Waals surface area contributed by atoms with Gasteiger partial charge in [-0.15, -0.1) is 0 Å². The van der Waals surface area contributed by atoms with Gasteiger partial charge in [0.25, 0.3) is 0 Å². The zero-order valence-corrected chi connectivity index (χ0v) is 10.9. The molecule has 0 aliphatic carbocycles. The molecular weight excluding hydrogens is 206 g/mol. The third-order valence-corrected chi connectivity index (χ3v) is 2.81. The van der Waals surface area contributed by atoms with Crippen molar-refractivity contribution >= 4 is 5.97 Å². The van der Waals surface area contributed by atoms with Gasteiger partial charge in [-0.1, -0.05) is 6.92 Å². The van der Waals surface area contributed by atoms with Gasteiger partial charge in [0.1, 0.15) is 0 Å². The molecule has 0 aliphatic heterocycles. The summed E-state index contributed by atoms with van der Waals surface area (Å²) in [4.78, 5) is 11.2. The summed E-state index contributed by atoms with van der Waals surface area (Å²) >= 11 is 0. The van der Waals surface area contributed by atoms with E-state index in [9.17, 15) is 4.79 Å². The van der Waals surface area contributed by atoms with Gasteiger partial charge in [0.05, 0.1) is 13.0 Å². The van der Waals surface area contributed by atoms with Crippen LogP contribution in [-0.2, 0) is 14.3 Å². The van der Waals surface area contributed by atoms with Crippen LogP contribution >= 0.6 is 0 Å². The van der Waals surface area contributed by atoms with Gasteiger partial charge in [-0.3, -0.25) is 4.79 Å². The van der Waals surface area contributed by atoms with E-state index in [1.54, 1.807) is 7.11 Å². The lowest BCUT2D eigenvalue weighted by atomic mass is 10.0. The number of carbonyl (C=O) groups is 1. The molecule has 0 saturated carbocycles. The van der Waals surface area contributed by atoms with Crippen LogP contribution < -0.4 is 5.32 Å². The van der Waals surface area contributed by atoms with Crippen molar-refractivity contribution in [2.75, 3.05) is 27.4 Å². The third kappa shape index (κ3) is 6.80. The van der Waals surface area contributed by atoms with Crippen molar-refractivity contribution < 1.29 is 14.3 Å². The highest BCUT2D eigenvalue weighted by Crippen LogP contribution is 2.05. The van der Waals surface area contributed by atoms with Crippen LogP contribution in [0.4, 0.5) is 0 Å². The maximum atomic E-state index is 11.2. The van der Waals surface area contributed by atoms with E-state index >= 15 is 0 Å². The van der Waals surface area contributed by atoms with Gasteiger partial charge in [0.2, 0.25) is 0 Å². The summed E-state index contributed by atoms with van der Waals surface area (Å²) in [5.41, 5.74) is 0. The molecule has 0 fully saturated rings. The molecular formula is C12H25NO3. The van der Waals surface area contributed by atoms with E-state index in [-0.39, 0.29) is 17.9 Å². The van der Waals surface area contributed by atoms with Gasteiger partial charge in [-0.25, -0.2) is 0 Å². The number of rotatable bonds is 9. The Morgan fingerprint density at radius 3 is 2.44 bits per heavy atom. The smallest absolute Gasteiger partial charge is 0.309 e. The number of ether oxygens (including phenoxy) is 2. The first-order valence-electron chi connectivity index (χ1n) is 5.93. The zero-order chi connectivity index (χ0) is 12.4. The molecule has 0 aromatic rings. The molecule has 0 amide bonds. The van der Waals surface area contributed by atoms with Crippen LogP contribution in [0, 0.1) is 5.92 Å². The van der Waals surface area contributed by atoms with Crippen LogP contribution in [0.25, 0.3) is 0 Å². The summed E-state index contributed by atoms with van der Waals surface area (Å²) in [5, 5.41) is 3.33. The monoisotopic (exact) mass is 231 g/mol. The minimum atomic E-state index is -0.153. The summed E-state index contributed by atoms with van der Waals surface area (Å²) in [7, 11) is 3.15. The average Bonchev–Trinajstić information content (AvgIpc) is 2.31. The van der Waals surface area contributed by atoms with Gasteiger partial charge >= 0.3 is 5.97 Å². The molecule has 4 nitrogen and oxygen atoms in total. The van der Waals surface area contributed by atoms with E-state index in [4.69, 9.17) is 9.47 Å². The molecule has 2 unspecified atom stereocenters. The standard InChI is InChI=1S/C12H25NO3/c1-10(12(14)16-4)11(2)13-8-6-5-7-9-15-3/h10-11,13H,5-9H2,1-4H3. The Bertz CT molecular complexity index is 185. The summed E-state index contributed by atoms with van der Waals surface area (Å²) in [6.07, 6.45) is 3.36. The highest BCUT2D eigenvalue weighted by molar-refractivity contribution is 5.72. The SMILES string of the molecule is COCCCCCNC(C)C(C)C(=O)OC. The van der Waals surface area contributed by atoms with Crippen molar-refractivity contribution in [2.45, 2.75) is 39.2 Å². The van der Waals surface area contributed by atoms with E-state index in [1.165, 1.54) is 7.11 Å². The minimum Gasteiger partial charge on any atom is -0.469 e. The van der Waals surface area contributed by atoms with Crippen LogP contribution in [0.5, 0.6) is 0 Å². The Morgan fingerprint density at radius 1 is 1.19 bits per heavy atom. The molecule has 96 valence electrons. The number of nitrogens with one attached hydrogen (secondary N) is 1. The largest absolute Gasteiger partial charge is 0.469 e. The van der Waals surface area contributed by atoms with Gasteiger partial charge in [-0.2, -0.15) is 0 Å². The van der Waals surface area contributed by atoms with Crippen molar-refractivity contribution in [3.8, 4) is 0 Å². The Morgan fingerprint density at radius 2 is 1.88 bits per heavy atom. The number of carbonyl (C=O) groups excluding carboxylic acids is 1. The number of esters is 1. The zero-order valence-electron chi connectivity index (χ0n) is 10.9. The van der Waals surface area contributed by atoms with Gasteiger partial charge < -0.3 is 14.8 Å². The van der Waals surface area contributed by atoms with Crippen LogP contribution in [0.2, 0.25) is 0 Å². The second kappa shape index (κ2) is 9.60. The Kier molecular flexibility index (Phi) is 9.24. The van der Waals surface area contributed by atoms with E-state index in [0.29, 0.717) is 0 Å². The van der Waals surface area contributed by atoms with E-state index < -0.39 is 0 Å². The Labute approximate surface area is 98.7 Å². The lowest BCUT2D eigenvalue weighted by Crippen LogP contribution is -2.37. The number of unbranched alkanes of at least 4 members (excludes halogenated alkanes) is 2. The van der Waals surface area contributed by atoms with Crippen LogP contribution in [0.3, 0.4) is 0 Å². The van der Waals surface area contributed by atoms with Crippen LogP contribution in [0.1, 0.15) is 33.1 Å². The molecule has 1 N–H and O–H groups in total. The fourth-order valence-corrected chi connectivity index (χ4v) is 1.44. The molecule has 16 heavy (non-hydrogen) atoms. The Hall–Kier alpha value is -0.610. The first-order valence-corrected chi connectivity index (χ1v) is 5.93. The molecule has 0 aromatic heterocycles. The summed E-state index contributed by atoms with van der Waals surface area (Å²) in [6, 6.07) is 0.162. The topological polar surface area (TPSA) is 47.6 Å². The quantitative estimate of drug-likeness (QED) is 0.483. The van der Waals surface area contributed by atoms with Gasteiger partial charge in [-0.05, 0) is 32.7 Å². The first-order chi connectivity index (χ1) is 7.63. The van der Waals surface area contributed by atoms with Crippen molar-refractivity contribution in [3.63, 3.8) is 0 Å². The van der Waals surface area contributed by atoms with E-state index in [2.05, 4.69) is 5.32 Å². The predicted octanol–water partition coefficient (Wildman–Crippen LogP) is 1.59. The average molecular weight is 231 g/mol. The van der Waals surface area contributed by atoms with E-state index in [0.717, 1.165) is 32.4 Å². The molecule has 0 saturated heterocycles. The third-order valence-electron chi connectivity index (χ3n) is 2.81. The molecule has 0 heterocycles. The minimum absolute atomic E-state index is 0.0935. The molecule has 2 atom stereocenters. The van der Waals surface area contributed by atoms with E-state index in [1.807, 2.05) is 13.8 Å². The lowest BCUT2D eigenvalue weighted by molar-refractivity contribution is -0.145. The lowest BCUT2D eigenvalue weighted by Gasteiger charge is -2.19. The predicted molar refractivity (Wildman–Crippen MR) is 64.4 cm³/mol. The van der Waals surface area contributed by atoms with Crippen LogP contribution in [-0.4, -0.2) is 39.4 Å². The highest BCUT2D eigenvalue weighted by Gasteiger charge is 2.19.